The van der Waals surface area contributed by atoms with Crippen molar-refractivity contribution < 1.29 is 23.2 Å². The molecule has 0 aliphatic carbocycles. The predicted octanol–water partition coefficient (Wildman–Crippen LogP) is 1.69. The van der Waals surface area contributed by atoms with E-state index in [4.69, 9.17) is 5.21 Å². The highest BCUT2D eigenvalue weighted by molar-refractivity contribution is 5.92. The molecule has 2 aromatic rings. The van der Waals surface area contributed by atoms with Crippen LogP contribution in [0, 0.1) is 0 Å². The zero-order chi connectivity index (χ0) is 18.5. The number of benzene rings is 1. The molecular formula is C16H14F3N5O2. The molecule has 0 bridgehead atoms. The number of rotatable bonds is 3. The molecule has 3 heterocycles. The molecule has 1 aromatic carbocycles. The van der Waals surface area contributed by atoms with E-state index in [0.717, 1.165) is 6.07 Å². The van der Waals surface area contributed by atoms with E-state index < -0.39 is 17.6 Å². The number of nitrogens with zero attached hydrogens (tertiary/aromatic N) is 4. The zero-order valence-electron chi connectivity index (χ0n) is 13.3. The second-order valence-corrected chi connectivity index (χ2v) is 6.17. The molecule has 0 radical (unpaired) electrons. The van der Waals surface area contributed by atoms with Gasteiger partial charge in [-0.05, 0) is 12.1 Å². The predicted molar refractivity (Wildman–Crippen MR) is 85.0 cm³/mol. The van der Waals surface area contributed by atoms with E-state index in [-0.39, 0.29) is 23.3 Å². The van der Waals surface area contributed by atoms with Crippen molar-refractivity contribution >= 4 is 17.5 Å². The quantitative estimate of drug-likeness (QED) is 0.636. The van der Waals surface area contributed by atoms with Crippen molar-refractivity contribution in [2.45, 2.75) is 18.3 Å². The first-order valence-corrected chi connectivity index (χ1v) is 7.86. The first-order valence-electron chi connectivity index (χ1n) is 7.86. The van der Waals surface area contributed by atoms with E-state index in [9.17, 15) is 18.0 Å². The Labute approximate surface area is 146 Å². The standard InChI is InChI=1S/C16H14F3N5O2/c17-16(18,19)10-3-1-2-4-11(10)23-7-13-12(23)8-24(13)15-20-5-9(6-21-15)14(25)22-26/h1-6,12-13,26H,7-8H2,(H,22,25)/t12?,13-/m1/s1. The Morgan fingerprint density at radius 2 is 1.73 bits per heavy atom. The number of hydrogen-bond donors (Lipinski definition) is 2. The largest absolute Gasteiger partial charge is 0.418 e. The number of para-hydroxylation sites is 1. The Morgan fingerprint density at radius 3 is 2.31 bits per heavy atom. The Bertz CT molecular complexity index is 843. The van der Waals surface area contributed by atoms with Crippen molar-refractivity contribution in [2.75, 3.05) is 22.9 Å². The van der Waals surface area contributed by atoms with Gasteiger partial charge >= 0.3 is 6.18 Å². The Hall–Kier alpha value is -2.88. The zero-order valence-corrected chi connectivity index (χ0v) is 13.3. The molecule has 2 fully saturated rings. The van der Waals surface area contributed by atoms with Crippen LogP contribution < -0.4 is 15.3 Å². The molecule has 1 aromatic heterocycles. The molecule has 136 valence electrons. The lowest BCUT2D eigenvalue weighted by molar-refractivity contribution is -0.137. The molecule has 2 aliphatic heterocycles. The molecule has 7 nitrogen and oxygen atoms in total. The van der Waals surface area contributed by atoms with E-state index in [0.29, 0.717) is 19.0 Å². The van der Waals surface area contributed by atoms with Crippen molar-refractivity contribution in [3.63, 3.8) is 0 Å². The molecule has 2 aliphatic rings. The summed E-state index contributed by atoms with van der Waals surface area (Å²) in [6, 6.07) is 5.57. The average molecular weight is 365 g/mol. The summed E-state index contributed by atoms with van der Waals surface area (Å²) >= 11 is 0. The summed E-state index contributed by atoms with van der Waals surface area (Å²) < 4.78 is 39.5. The van der Waals surface area contributed by atoms with Crippen LogP contribution in [0.15, 0.2) is 36.7 Å². The fourth-order valence-electron chi connectivity index (χ4n) is 3.38. The van der Waals surface area contributed by atoms with E-state index in [1.54, 1.807) is 11.0 Å². The number of hydrogen-bond acceptors (Lipinski definition) is 6. The summed E-state index contributed by atoms with van der Waals surface area (Å²) in [6.07, 6.45) is -1.81. The monoisotopic (exact) mass is 365 g/mol. The highest BCUT2D eigenvalue weighted by Crippen LogP contribution is 2.44. The normalized spacial score (nSPS) is 21.5. The number of fused-ring (bicyclic) bond motifs is 1. The fourth-order valence-corrected chi connectivity index (χ4v) is 3.38. The van der Waals surface area contributed by atoms with Crippen LogP contribution in [0.25, 0.3) is 0 Å². The smallest absolute Gasteiger partial charge is 0.362 e. The Morgan fingerprint density at radius 1 is 1.12 bits per heavy atom. The van der Waals surface area contributed by atoms with Gasteiger partial charge < -0.3 is 9.80 Å². The third kappa shape index (κ3) is 2.53. The molecule has 2 N–H and O–H groups in total. The first kappa shape index (κ1) is 16.6. The van der Waals surface area contributed by atoms with Gasteiger partial charge in [0.05, 0.1) is 23.2 Å². The van der Waals surface area contributed by atoms with Gasteiger partial charge in [0.1, 0.15) is 0 Å². The van der Waals surface area contributed by atoms with Gasteiger partial charge in [0.25, 0.3) is 5.91 Å². The summed E-state index contributed by atoms with van der Waals surface area (Å²) in [6.45, 7) is 0.947. The van der Waals surface area contributed by atoms with Gasteiger partial charge in [0.15, 0.2) is 0 Å². The van der Waals surface area contributed by atoms with Crippen molar-refractivity contribution in [1.29, 1.82) is 0 Å². The van der Waals surface area contributed by atoms with Crippen LogP contribution in [0.2, 0.25) is 0 Å². The van der Waals surface area contributed by atoms with Gasteiger partial charge in [-0.3, -0.25) is 10.0 Å². The molecule has 1 amide bonds. The third-order valence-electron chi connectivity index (χ3n) is 4.79. The van der Waals surface area contributed by atoms with Gasteiger partial charge in [0.2, 0.25) is 5.95 Å². The number of amides is 1. The van der Waals surface area contributed by atoms with E-state index >= 15 is 0 Å². The number of carbonyl (C=O) groups is 1. The summed E-state index contributed by atoms with van der Waals surface area (Å²) in [4.78, 5) is 23.1. The van der Waals surface area contributed by atoms with Crippen molar-refractivity contribution in [3.05, 3.63) is 47.8 Å². The first-order chi connectivity index (χ1) is 12.4. The number of hydroxylamine groups is 1. The van der Waals surface area contributed by atoms with Crippen LogP contribution in [-0.4, -0.2) is 46.3 Å². The number of nitrogens with one attached hydrogen (secondary N) is 1. The SMILES string of the molecule is O=C(NO)c1cnc(N2CC3[C@H]2CN3c2ccccc2C(F)(F)F)nc1. The van der Waals surface area contributed by atoms with Gasteiger partial charge in [0, 0.05) is 31.2 Å². The molecule has 0 saturated carbocycles. The molecule has 4 rings (SSSR count). The molecule has 1 unspecified atom stereocenters. The van der Waals surface area contributed by atoms with Crippen molar-refractivity contribution in [2.24, 2.45) is 0 Å². The maximum Gasteiger partial charge on any atom is 0.418 e. The summed E-state index contributed by atoms with van der Waals surface area (Å²) in [5.41, 5.74) is 1.17. The highest BCUT2D eigenvalue weighted by atomic mass is 19.4. The summed E-state index contributed by atoms with van der Waals surface area (Å²) in [7, 11) is 0. The molecule has 0 spiro atoms. The minimum absolute atomic E-state index is 0.0254. The lowest BCUT2D eigenvalue weighted by Crippen LogP contribution is -2.80. The van der Waals surface area contributed by atoms with Crippen LogP contribution in [-0.2, 0) is 6.18 Å². The maximum absolute atomic E-state index is 13.2. The van der Waals surface area contributed by atoms with Crippen molar-refractivity contribution in [3.8, 4) is 0 Å². The minimum Gasteiger partial charge on any atom is -0.362 e. The molecule has 26 heavy (non-hydrogen) atoms. The van der Waals surface area contributed by atoms with Crippen LogP contribution in [0.1, 0.15) is 15.9 Å². The Balaban J connectivity index is 1.47. The maximum atomic E-state index is 13.2. The average Bonchev–Trinajstić information content (AvgIpc) is 2.62. The number of aromatic nitrogens is 2. The molecule has 10 heteroatoms. The topological polar surface area (TPSA) is 81.6 Å². The lowest BCUT2D eigenvalue weighted by Gasteiger charge is -2.62. The fraction of sp³-hybridized carbons (Fsp3) is 0.312. The number of piperazine rings is 1. The van der Waals surface area contributed by atoms with E-state index in [1.807, 2.05) is 4.90 Å². The number of carbonyl (C=O) groups excluding carboxylic acids is 1. The number of anilines is 2. The second kappa shape index (κ2) is 5.84. The van der Waals surface area contributed by atoms with Gasteiger partial charge in [-0.15, -0.1) is 0 Å². The van der Waals surface area contributed by atoms with Crippen LogP contribution in [0.3, 0.4) is 0 Å². The third-order valence-corrected chi connectivity index (χ3v) is 4.79. The molecular weight excluding hydrogens is 351 g/mol. The summed E-state index contributed by atoms with van der Waals surface area (Å²) in [5.74, 6) is -0.305. The number of halogens is 3. The second-order valence-electron chi connectivity index (χ2n) is 6.17. The van der Waals surface area contributed by atoms with Crippen LogP contribution >= 0.6 is 0 Å². The van der Waals surface area contributed by atoms with Gasteiger partial charge in [-0.2, -0.15) is 13.2 Å². The van der Waals surface area contributed by atoms with Crippen LogP contribution in [0.4, 0.5) is 24.8 Å². The highest BCUT2D eigenvalue weighted by Gasteiger charge is 2.54. The van der Waals surface area contributed by atoms with Gasteiger partial charge in [-0.1, -0.05) is 12.1 Å². The lowest BCUT2D eigenvalue weighted by atomic mass is 9.84. The molecule has 2 saturated heterocycles. The molecule has 2 atom stereocenters. The summed E-state index contributed by atoms with van der Waals surface area (Å²) in [5, 5.41) is 8.58. The van der Waals surface area contributed by atoms with Crippen molar-refractivity contribution in [1.82, 2.24) is 15.4 Å². The van der Waals surface area contributed by atoms with Crippen LogP contribution in [0.5, 0.6) is 0 Å². The van der Waals surface area contributed by atoms with Gasteiger partial charge in [-0.25, -0.2) is 15.4 Å². The number of alkyl halides is 3. The van der Waals surface area contributed by atoms with E-state index in [1.165, 1.54) is 30.0 Å². The Kier molecular flexibility index (Phi) is 3.72. The minimum atomic E-state index is -4.39. The van der Waals surface area contributed by atoms with E-state index in [2.05, 4.69) is 9.97 Å².